The van der Waals surface area contributed by atoms with Crippen molar-refractivity contribution >= 4 is 50.3 Å². The zero-order valence-electron chi connectivity index (χ0n) is 18.7. The number of hydrogen-bond donors (Lipinski definition) is 1. The Kier molecular flexibility index (Phi) is 8.53. The van der Waals surface area contributed by atoms with E-state index in [0.717, 1.165) is 27.5 Å². The lowest BCUT2D eigenvalue weighted by molar-refractivity contribution is -0.148. The van der Waals surface area contributed by atoms with Crippen LogP contribution in [0.4, 0.5) is 0 Å². The van der Waals surface area contributed by atoms with Crippen molar-refractivity contribution in [2.75, 3.05) is 12.4 Å². The van der Waals surface area contributed by atoms with Gasteiger partial charge in [-0.05, 0) is 40.9 Å². The summed E-state index contributed by atoms with van der Waals surface area (Å²) in [5, 5.41) is 14.6. The highest BCUT2D eigenvalue weighted by molar-refractivity contribution is 9.10. The predicted molar refractivity (Wildman–Crippen MR) is 132 cm³/mol. The quantitative estimate of drug-likeness (QED) is 0.315. The zero-order valence-corrected chi connectivity index (χ0v) is 21.1. The maximum atomic E-state index is 12.7. The van der Waals surface area contributed by atoms with Crippen LogP contribution in [0.2, 0.25) is 0 Å². The van der Waals surface area contributed by atoms with Crippen molar-refractivity contribution < 1.29 is 14.3 Å². The number of thioether (sulfide) groups is 1. The summed E-state index contributed by atoms with van der Waals surface area (Å²) in [4.78, 5) is 29.4. The number of carbonyl (C=O) groups is 2. The lowest BCUT2D eigenvalue weighted by atomic mass is 9.99. The van der Waals surface area contributed by atoms with Gasteiger partial charge in [-0.25, -0.2) is 9.78 Å². The molecule has 1 N–H and O–H groups in total. The van der Waals surface area contributed by atoms with Crippen molar-refractivity contribution in [2.24, 2.45) is 5.92 Å². The topological polar surface area (TPSA) is 97.0 Å². The van der Waals surface area contributed by atoms with E-state index in [0.29, 0.717) is 10.7 Å². The molecule has 2 unspecified atom stereocenters. The summed E-state index contributed by atoms with van der Waals surface area (Å²) in [6.45, 7) is 5.89. The van der Waals surface area contributed by atoms with Crippen molar-refractivity contribution in [2.45, 2.75) is 38.4 Å². The van der Waals surface area contributed by atoms with Crippen LogP contribution < -0.4 is 5.32 Å². The van der Waals surface area contributed by atoms with Crippen LogP contribution in [0.5, 0.6) is 0 Å². The third-order valence-electron chi connectivity index (χ3n) is 5.35. The first-order chi connectivity index (χ1) is 15.9. The normalized spacial score (nSPS) is 12.7. The van der Waals surface area contributed by atoms with E-state index in [9.17, 15) is 14.9 Å². The number of esters is 1. The van der Waals surface area contributed by atoms with Gasteiger partial charge < -0.3 is 10.1 Å². The molecule has 1 aromatic heterocycles. The molecule has 0 bridgehead atoms. The summed E-state index contributed by atoms with van der Waals surface area (Å²) in [6, 6.07) is 12.9. The van der Waals surface area contributed by atoms with E-state index in [-0.39, 0.29) is 24.2 Å². The van der Waals surface area contributed by atoms with Gasteiger partial charge in [0.2, 0.25) is 5.91 Å². The Morgan fingerprint density at radius 1 is 1.24 bits per heavy atom. The van der Waals surface area contributed by atoms with E-state index in [1.165, 1.54) is 11.8 Å². The molecule has 1 amide bonds. The molecule has 172 valence electrons. The first-order valence-corrected chi connectivity index (χ1v) is 12.4. The van der Waals surface area contributed by atoms with Crippen molar-refractivity contribution in [3.05, 3.63) is 52.8 Å². The molecule has 7 nitrogen and oxygen atoms in total. The molecular formula is C24H25BrN4O3S. The Morgan fingerprint density at radius 2 is 1.97 bits per heavy atom. The van der Waals surface area contributed by atoms with Gasteiger partial charge in [-0.2, -0.15) is 5.26 Å². The number of benzene rings is 2. The number of amides is 1. The first kappa shape index (κ1) is 24.8. The number of aromatic nitrogens is 2. The number of fused-ring (bicyclic) bond motifs is 1. The van der Waals surface area contributed by atoms with Crippen LogP contribution in [-0.4, -0.2) is 39.8 Å². The molecule has 0 saturated heterocycles. The van der Waals surface area contributed by atoms with Crippen LogP contribution in [0, 0.1) is 17.2 Å². The number of carbonyl (C=O) groups excluding carboxylic acids is 2. The van der Waals surface area contributed by atoms with Gasteiger partial charge in [0.15, 0.2) is 5.16 Å². The highest BCUT2D eigenvalue weighted by Crippen LogP contribution is 2.32. The van der Waals surface area contributed by atoms with Gasteiger partial charge in [0, 0.05) is 10.8 Å². The molecule has 2 atom stereocenters. The fourth-order valence-corrected chi connectivity index (χ4v) is 4.83. The standard InChI is InChI=1S/C24H25BrN4O3S/c1-4-15(3)22(23(31)32-5-2)28-21(30)14-33-24-27-13-20(25)29(24)19-11-10-16(12-26)17-8-6-7-9-18(17)19/h6-11,13,15,22H,4-5,14H2,1-3H3,(H,28,30). The number of nitriles is 1. The Hall–Kier alpha value is -2.83. The molecule has 0 aliphatic heterocycles. The molecule has 0 radical (unpaired) electrons. The number of rotatable bonds is 9. The van der Waals surface area contributed by atoms with Crippen LogP contribution in [0.3, 0.4) is 0 Å². The van der Waals surface area contributed by atoms with E-state index in [1.54, 1.807) is 19.2 Å². The number of imidazole rings is 1. The van der Waals surface area contributed by atoms with E-state index in [4.69, 9.17) is 4.74 Å². The molecule has 1 heterocycles. The Labute approximate surface area is 205 Å². The molecule has 0 saturated carbocycles. The lowest BCUT2D eigenvalue weighted by Gasteiger charge is -2.22. The summed E-state index contributed by atoms with van der Waals surface area (Å²) in [6.07, 6.45) is 2.41. The molecule has 2 aromatic carbocycles. The Morgan fingerprint density at radius 3 is 2.64 bits per heavy atom. The van der Waals surface area contributed by atoms with E-state index in [2.05, 4.69) is 32.3 Å². The largest absolute Gasteiger partial charge is 0.464 e. The summed E-state index contributed by atoms with van der Waals surface area (Å²) in [5.41, 5.74) is 1.44. The summed E-state index contributed by atoms with van der Waals surface area (Å²) >= 11 is 4.82. The van der Waals surface area contributed by atoms with Gasteiger partial charge in [0.1, 0.15) is 10.6 Å². The number of hydrogen-bond acceptors (Lipinski definition) is 6. The van der Waals surface area contributed by atoms with Crippen LogP contribution in [0.25, 0.3) is 16.5 Å². The van der Waals surface area contributed by atoms with Gasteiger partial charge in [-0.15, -0.1) is 0 Å². The maximum Gasteiger partial charge on any atom is 0.328 e. The van der Waals surface area contributed by atoms with E-state index < -0.39 is 12.0 Å². The van der Waals surface area contributed by atoms with Crippen LogP contribution in [-0.2, 0) is 14.3 Å². The van der Waals surface area contributed by atoms with Crippen molar-refractivity contribution in [1.82, 2.24) is 14.9 Å². The van der Waals surface area contributed by atoms with Crippen LogP contribution >= 0.6 is 27.7 Å². The molecule has 3 aromatic rings. The Bertz CT molecular complexity index is 1200. The predicted octanol–water partition coefficient (Wildman–Crippen LogP) is 4.85. The Balaban J connectivity index is 1.83. The fourth-order valence-electron chi connectivity index (χ4n) is 3.46. The second-order valence-corrected chi connectivity index (χ2v) is 9.21. The average Bonchev–Trinajstić information content (AvgIpc) is 3.20. The van der Waals surface area contributed by atoms with E-state index in [1.807, 2.05) is 48.7 Å². The first-order valence-electron chi connectivity index (χ1n) is 10.6. The highest BCUT2D eigenvalue weighted by atomic mass is 79.9. The summed E-state index contributed by atoms with van der Waals surface area (Å²) in [5.74, 6) is -0.643. The van der Waals surface area contributed by atoms with Crippen LogP contribution in [0.1, 0.15) is 32.8 Å². The minimum atomic E-state index is -0.683. The molecule has 33 heavy (non-hydrogen) atoms. The lowest BCUT2D eigenvalue weighted by Crippen LogP contribution is -2.46. The van der Waals surface area contributed by atoms with Crippen molar-refractivity contribution in [3.63, 3.8) is 0 Å². The molecule has 0 aliphatic carbocycles. The van der Waals surface area contributed by atoms with E-state index >= 15 is 0 Å². The second kappa shape index (κ2) is 11.3. The fraction of sp³-hybridized carbons (Fsp3) is 0.333. The third kappa shape index (κ3) is 5.57. The zero-order chi connectivity index (χ0) is 24.0. The molecular weight excluding hydrogens is 504 g/mol. The minimum Gasteiger partial charge on any atom is -0.464 e. The van der Waals surface area contributed by atoms with Crippen LogP contribution in [0.15, 0.2) is 52.4 Å². The number of nitrogens with one attached hydrogen (secondary N) is 1. The maximum absolute atomic E-state index is 12.7. The molecule has 0 fully saturated rings. The molecule has 0 aliphatic rings. The SMILES string of the molecule is CCOC(=O)C(NC(=O)CSc1ncc(Br)n1-c1ccc(C#N)c2ccccc12)C(C)CC. The van der Waals surface area contributed by atoms with Gasteiger partial charge >= 0.3 is 5.97 Å². The summed E-state index contributed by atoms with van der Waals surface area (Å²) < 4.78 is 7.75. The number of ether oxygens (including phenoxy) is 1. The van der Waals surface area contributed by atoms with Gasteiger partial charge in [-0.1, -0.05) is 56.3 Å². The van der Waals surface area contributed by atoms with Crippen molar-refractivity contribution in [3.8, 4) is 11.8 Å². The third-order valence-corrected chi connectivity index (χ3v) is 6.86. The summed E-state index contributed by atoms with van der Waals surface area (Å²) in [7, 11) is 0. The molecule has 0 spiro atoms. The van der Waals surface area contributed by atoms with Gasteiger partial charge in [-0.3, -0.25) is 9.36 Å². The molecule has 9 heteroatoms. The smallest absolute Gasteiger partial charge is 0.328 e. The highest BCUT2D eigenvalue weighted by Gasteiger charge is 2.27. The van der Waals surface area contributed by atoms with Crippen molar-refractivity contribution in [1.29, 1.82) is 5.26 Å². The number of halogens is 1. The monoisotopic (exact) mass is 528 g/mol. The minimum absolute atomic E-state index is 0.0425. The molecule has 3 rings (SSSR count). The second-order valence-electron chi connectivity index (χ2n) is 7.46. The number of nitrogens with zero attached hydrogens (tertiary/aromatic N) is 3. The van der Waals surface area contributed by atoms with Gasteiger partial charge in [0.05, 0.1) is 35.9 Å². The average molecular weight is 529 g/mol. The van der Waals surface area contributed by atoms with Gasteiger partial charge in [0.25, 0.3) is 0 Å².